The minimum Gasteiger partial charge on any atom is -0.471 e. The predicted octanol–water partition coefficient (Wildman–Crippen LogP) is 2.26. The van der Waals surface area contributed by atoms with Gasteiger partial charge in [-0.15, -0.1) is 0 Å². The highest BCUT2D eigenvalue weighted by atomic mass is 16.3. The van der Waals surface area contributed by atoms with E-state index in [4.69, 9.17) is 4.42 Å². The quantitative estimate of drug-likeness (QED) is 0.910. The summed E-state index contributed by atoms with van der Waals surface area (Å²) < 4.78 is 5.15. The molecule has 4 rings (SSSR count). The van der Waals surface area contributed by atoms with Crippen molar-refractivity contribution in [1.29, 1.82) is 0 Å². The summed E-state index contributed by atoms with van der Waals surface area (Å²) in [6.45, 7) is 3.40. The highest BCUT2D eigenvalue weighted by Gasteiger charge is 2.32. The summed E-state index contributed by atoms with van der Waals surface area (Å²) in [5, 5.41) is 5.19. The molecule has 4 heteroatoms. The van der Waals surface area contributed by atoms with E-state index in [1.807, 2.05) is 18.2 Å². The summed E-state index contributed by atoms with van der Waals surface area (Å²) in [6.07, 6.45) is 5.78. The first-order valence-electron chi connectivity index (χ1n) is 7.27. The minimum absolute atomic E-state index is 0.0283. The molecule has 3 heterocycles. The van der Waals surface area contributed by atoms with Crippen LogP contribution in [-0.2, 0) is 0 Å². The van der Waals surface area contributed by atoms with Gasteiger partial charge in [0.2, 0.25) is 0 Å². The smallest absolute Gasteiger partial charge is 0.251 e. The summed E-state index contributed by atoms with van der Waals surface area (Å²) in [7, 11) is 0. The van der Waals surface area contributed by atoms with Crippen molar-refractivity contribution in [1.82, 2.24) is 10.2 Å². The Morgan fingerprint density at radius 2 is 2.15 bits per heavy atom. The van der Waals surface area contributed by atoms with Gasteiger partial charge in [-0.3, -0.25) is 4.79 Å². The summed E-state index contributed by atoms with van der Waals surface area (Å²) in [5.74, 6) is 0.797. The average molecular weight is 270 g/mol. The number of nitrogens with zero attached hydrogens (tertiary/aromatic N) is 1. The van der Waals surface area contributed by atoms with Gasteiger partial charge in [0.25, 0.3) is 5.91 Å². The van der Waals surface area contributed by atoms with Crippen LogP contribution in [0.1, 0.15) is 23.2 Å². The monoisotopic (exact) mass is 270 g/mol. The number of benzene rings is 1. The van der Waals surface area contributed by atoms with Crippen LogP contribution in [0.25, 0.3) is 10.8 Å². The maximum absolute atomic E-state index is 12.4. The fourth-order valence-corrected chi connectivity index (χ4v) is 3.54. The van der Waals surface area contributed by atoms with Crippen LogP contribution in [0.15, 0.2) is 35.1 Å². The second-order valence-corrected chi connectivity index (χ2v) is 6.04. The van der Waals surface area contributed by atoms with Gasteiger partial charge in [0.1, 0.15) is 0 Å². The van der Waals surface area contributed by atoms with Crippen LogP contribution in [0, 0.1) is 5.92 Å². The van der Waals surface area contributed by atoms with E-state index in [0.29, 0.717) is 11.6 Å². The highest BCUT2D eigenvalue weighted by Crippen LogP contribution is 2.27. The molecule has 1 N–H and O–H groups in total. The lowest BCUT2D eigenvalue weighted by molar-refractivity contribution is 0.0909. The van der Waals surface area contributed by atoms with Crippen molar-refractivity contribution in [2.75, 3.05) is 19.6 Å². The zero-order chi connectivity index (χ0) is 13.5. The molecule has 1 aromatic heterocycles. The van der Waals surface area contributed by atoms with Gasteiger partial charge in [-0.1, -0.05) is 6.07 Å². The molecule has 0 radical (unpaired) electrons. The number of hydrogen-bond acceptors (Lipinski definition) is 3. The number of carbonyl (C=O) groups is 1. The van der Waals surface area contributed by atoms with Crippen molar-refractivity contribution in [3.8, 4) is 0 Å². The molecule has 2 aliphatic rings. The lowest BCUT2D eigenvalue weighted by Gasteiger charge is -2.30. The molecule has 2 aliphatic heterocycles. The average Bonchev–Trinajstić information content (AvgIpc) is 3.04. The topological polar surface area (TPSA) is 45.5 Å². The molecule has 0 aliphatic carbocycles. The van der Waals surface area contributed by atoms with Crippen LogP contribution < -0.4 is 5.32 Å². The number of piperidine rings is 1. The molecular formula is C16H18N2O2. The summed E-state index contributed by atoms with van der Waals surface area (Å²) in [6, 6.07) is 5.99. The van der Waals surface area contributed by atoms with E-state index in [1.54, 1.807) is 12.5 Å². The number of furan rings is 1. The number of carbonyl (C=O) groups excluding carboxylic acids is 1. The molecule has 1 aromatic carbocycles. The van der Waals surface area contributed by atoms with Gasteiger partial charge >= 0.3 is 0 Å². The van der Waals surface area contributed by atoms with Crippen LogP contribution in [0.3, 0.4) is 0 Å². The molecule has 4 nitrogen and oxygen atoms in total. The molecule has 0 saturated carbocycles. The zero-order valence-electron chi connectivity index (χ0n) is 11.3. The van der Waals surface area contributed by atoms with E-state index in [1.165, 1.54) is 19.5 Å². The molecular weight excluding hydrogens is 252 g/mol. The van der Waals surface area contributed by atoms with E-state index in [-0.39, 0.29) is 5.91 Å². The van der Waals surface area contributed by atoms with Crippen LogP contribution in [0.2, 0.25) is 0 Å². The van der Waals surface area contributed by atoms with Gasteiger partial charge in [0, 0.05) is 35.5 Å². The first-order valence-corrected chi connectivity index (χ1v) is 7.27. The van der Waals surface area contributed by atoms with Crippen LogP contribution in [-0.4, -0.2) is 36.5 Å². The Morgan fingerprint density at radius 1 is 1.25 bits per heavy atom. The van der Waals surface area contributed by atoms with Crippen molar-refractivity contribution < 1.29 is 9.21 Å². The lowest BCUT2D eigenvalue weighted by Crippen LogP contribution is -2.47. The Morgan fingerprint density at radius 3 is 3.05 bits per heavy atom. The Balaban J connectivity index is 1.49. The molecule has 2 bridgehead atoms. The number of rotatable bonds is 2. The molecule has 1 unspecified atom stereocenters. The zero-order valence-corrected chi connectivity index (χ0v) is 11.3. The fourth-order valence-electron chi connectivity index (χ4n) is 3.54. The number of hydrogen-bond donors (Lipinski definition) is 1. The fraction of sp³-hybridized carbons (Fsp3) is 0.438. The first-order chi connectivity index (χ1) is 9.78. The van der Waals surface area contributed by atoms with Crippen molar-refractivity contribution in [2.24, 2.45) is 5.92 Å². The molecule has 0 spiro atoms. The molecule has 20 heavy (non-hydrogen) atoms. The van der Waals surface area contributed by atoms with Crippen LogP contribution in [0.4, 0.5) is 0 Å². The van der Waals surface area contributed by atoms with Gasteiger partial charge < -0.3 is 14.6 Å². The number of amides is 1. The summed E-state index contributed by atoms with van der Waals surface area (Å²) in [4.78, 5) is 14.8. The van der Waals surface area contributed by atoms with Gasteiger partial charge in [0.05, 0.1) is 12.5 Å². The SMILES string of the molecule is O=C(N[C@@H]1C[C@@H]2CCN(C2)C1)c1ccc2cocc2c1. The standard InChI is InChI=1S/C16H18N2O2/c19-16(12-1-2-13-9-20-10-14(13)6-12)17-15-5-11-3-4-18(7-11)8-15/h1-2,6,9-11,15H,3-5,7-8H2,(H,17,19)/t11-,15+/m0/s1. The molecule has 2 fully saturated rings. The normalized spacial score (nSPS) is 28.7. The van der Waals surface area contributed by atoms with Crippen molar-refractivity contribution in [3.63, 3.8) is 0 Å². The molecule has 1 amide bonds. The van der Waals surface area contributed by atoms with Gasteiger partial charge in [0.15, 0.2) is 0 Å². The minimum atomic E-state index is 0.0283. The Labute approximate surface area is 117 Å². The maximum Gasteiger partial charge on any atom is 0.251 e. The third-order valence-corrected chi connectivity index (χ3v) is 4.54. The number of fused-ring (bicyclic) bond motifs is 3. The highest BCUT2D eigenvalue weighted by molar-refractivity contribution is 5.98. The molecule has 104 valence electrons. The Kier molecular flexibility index (Phi) is 2.77. The maximum atomic E-state index is 12.4. The Hall–Kier alpha value is -1.81. The predicted molar refractivity (Wildman–Crippen MR) is 76.6 cm³/mol. The third kappa shape index (κ3) is 2.10. The van der Waals surface area contributed by atoms with Crippen molar-refractivity contribution >= 4 is 16.7 Å². The largest absolute Gasteiger partial charge is 0.471 e. The van der Waals surface area contributed by atoms with Crippen LogP contribution >= 0.6 is 0 Å². The van der Waals surface area contributed by atoms with E-state index in [9.17, 15) is 4.79 Å². The third-order valence-electron chi connectivity index (χ3n) is 4.54. The van der Waals surface area contributed by atoms with E-state index in [2.05, 4.69) is 10.2 Å². The Bertz CT molecular complexity index is 637. The van der Waals surface area contributed by atoms with Gasteiger partial charge in [-0.2, -0.15) is 0 Å². The second-order valence-electron chi connectivity index (χ2n) is 6.04. The van der Waals surface area contributed by atoms with Gasteiger partial charge in [-0.05, 0) is 37.4 Å². The molecule has 2 saturated heterocycles. The molecule has 3 atom stereocenters. The van der Waals surface area contributed by atoms with Crippen LogP contribution in [0.5, 0.6) is 0 Å². The van der Waals surface area contributed by atoms with Crippen molar-refractivity contribution in [2.45, 2.75) is 18.9 Å². The van der Waals surface area contributed by atoms with Crippen molar-refractivity contribution in [3.05, 3.63) is 36.3 Å². The van der Waals surface area contributed by atoms with E-state index >= 15 is 0 Å². The van der Waals surface area contributed by atoms with Gasteiger partial charge in [-0.25, -0.2) is 0 Å². The summed E-state index contributed by atoms with van der Waals surface area (Å²) in [5.41, 5.74) is 0.715. The summed E-state index contributed by atoms with van der Waals surface area (Å²) >= 11 is 0. The first kappa shape index (κ1) is 12.0. The lowest BCUT2D eigenvalue weighted by atomic mass is 9.96. The number of nitrogens with one attached hydrogen (secondary N) is 1. The molecule has 2 aromatic rings. The second kappa shape index (κ2) is 4.63. The van der Waals surface area contributed by atoms with E-state index < -0.39 is 0 Å². The van der Waals surface area contributed by atoms with E-state index in [0.717, 1.165) is 29.7 Å².